The highest BCUT2D eigenvalue weighted by molar-refractivity contribution is 7.89. The van der Waals surface area contributed by atoms with Gasteiger partial charge in [-0.15, -0.1) is 0 Å². The molecule has 0 radical (unpaired) electrons. The van der Waals surface area contributed by atoms with Crippen LogP contribution < -0.4 is 5.32 Å². The molecule has 0 atom stereocenters. The number of hydrogen-bond donors (Lipinski definition) is 1. The zero-order valence-electron chi connectivity index (χ0n) is 10.9. The second-order valence-electron chi connectivity index (χ2n) is 4.68. The molecule has 0 amide bonds. The summed E-state index contributed by atoms with van der Waals surface area (Å²) in [5.41, 5.74) is 2.16. The Kier molecular flexibility index (Phi) is 3.92. The van der Waals surface area contributed by atoms with Gasteiger partial charge < -0.3 is 5.32 Å². The summed E-state index contributed by atoms with van der Waals surface area (Å²) in [6, 6.07) is 5.35. The monoisotopic (exact) mass is 268 g/mol. The Morgan fingerprint density at radius 1 is 1.39 bits per heavy atom. The standard InChI is InChI=1S/C13H20N2O2S/c1-3-4-9-15(2)18(16,17)12-5-6-13-11(10-12)7-8-14-13/h5-6,10,14H,3-4,7-9H2,1-2H3. The van der Waals surface area contributed by atoms with E-state index in [9.17, 15) is 8.42 Å². The van der Waals surface area contributed by atoms with Gasteiger partial charge in [-0.05, 0) is 36.6 Å². The number of unbranched alkanes of at least 4 members (excludes halogenated alkanes) is 1. The molecule has 100 valence electrons. The minimum absolute atomic E-state index is 0.406. The molecule has 0 saturated carbocycles. The number of anilines is 1. The highest BCUT2D eigenvalue weighted by Crippen LogP contribution is 2.26. The van der Waals surface area contributed by atoms with Crippen molar-refractivity contribution in [1.29, 1.82) is 0 Å². The van der Waals surface area contributed by atoms with Crippen molar-refractivity contribution in [2.75, 3.05) is 25.5 Å². The van der Waals surface area contributed by atoms with E-state index < -0.39 is 10.0 Å². The third-order valence-corrected chi connectivity index (χ3v) is 5.17. The van der Waals surface area contributed by atoms with Gasteiger partial charge in [0.05, 0.1) is 4.90 Å². The van der Waals surface area contributed by atoms with E-state index in [-0.39, 0.29) is 0 Å². The van der Waals surface area contributed by atoms with Crippen LogP contribution in [0, 0.1) is 0 Å². The number of hydrogen-bond acceptors (Lipinski definition) is 3. The Morgan fingerprint density at radius 2 is 2.17 bits per heavy atom. The van der Waals surface area contributed by atoms with E-state index in [1.54, 1.807) is 19.2 Å². The maximum atomic E-state index is 12.3. The molecule has 1 aliphatic heterocycles. The predicted molar refractivity (Wildman–Crippen MR) is 73.4 cm³/mol. The van der Waals surface area contributed by atoms with Crippen LogP contribution in [0.15, 0.2) is 23.1 Å². The fourth-order valence-corrected chi connectivity index (χ4v) is 3.38. The molecular formula is C13H20N2O2S. The lowest BCUT2D eigenvalue weighted by molar-refractivity contribution is 0.459. The molecule has 4 nitrogen and oxygen atoms in total. The van der Waals surface area contributed by atoms with Crippen molar-refractivity contribution in [3.63, 3.8) is 0 Å². The summed E-state index contributed by atoms with van der Waals surface area (Å²) in [7, 11) is -1.68. The SMILES string of the molecule is CCCCN(C)S(=O)(=O)c1ccc2c(c1)CCN2. The van der Waals surface area contributed by atoms with E-state index in [0.717, 1.165) is 37.1 Å². The molecule has 2 rings (SSSR count). The maximum Gasteiger partial charge on any atom is 0.242 e. The van der Waals surface area contributed by atoms with Crippen molar-refractivity contribution in [1.82, 2.24) is 4.31 Å². The third kappa shape index (κ3) is 2.52. The van der Waals surface area contributed by atoms with Crippen molar-refractivity contribution in [3.05, 3.63) is 23.8 Å². The average Bonchev–Trinajstić information content (AvgIpc) is 2.82. The largest absolute Gasteiger partial charge is 0.384 e. The zero-order chi connectivity index (χ0) is 13.2. The summed E-state index contributed by atoms with van der Waals surface area (Å²) in [6.45, 7) is 3.53. The molecule has 18 heavy (non-hydrogen) atoms. The van der Waals surface area contributed by atoms with Crippen LogP contribution in [-0.2, 0) is 16.4 Å². The van der Waals surface area contributed by atoms with Crippen LogP contribution in [0.5, 0.6) is 0 Å². The van der Waals surface area contributed by atoms with Crippen LogP contribution in [0.2, 0.25) is 0 Å². The normalized spacial score (nSPS) is 14.6. The van der Waals surface area contributed by atoms with Crippen molar-refractivity contribution in [3.8, 4) is 0 Å². The second kappa shape index (κ2) is 5.28. The fraction of sp³-hybridized carbons (Fsp3) is 0.538. The van der Waals surface area contributed by atoms with Crippen molar-refractivity contribution < 1.29 is 8.42 Å². The van der Waals surface area contributed by atoms with Crippen molar-refractivity contribution in [2.24, 2.45) is 0 Å². The van der Waals surface area contributed by atoms with Crippen LogP contribution in [-0.4, -0.2) is 32.9 Å². The number of benzene rings is 1. The first kappa shape index (κ1) is 13.4. The Hall–Kier alpha value is -1.07. The molecule has 0 aromatic heterocycles. The maximum absolute atomic E-state index is 12.3. The van der Waals surface area contributed by atoms with Gasteiger partial charge in [0.15, 0.2) is 0 Å². The van der Waals surface area contributed by atoms with Gasteiger partial charge in [0.25, 0.3) is 0 Å². The quantitative estimate of drug-likeness (QED) is 0.889. The Balaban J connectivity index is 2.24. The van der Waals surface area contributed by atoms with Gasteiger partial charge in [-0.1, -0.05) is 13.3 Å². The first-order valence-corrected chi connectivity index (χ1v) is 7.83. The van der Waals surface area contributed by atoms with Crippen molar-refractivity contribution >= 4 is 15.7 Å². The molecule has 0 unspecified atom stereocenters. The highest BCUT2D eigenvalue weighted by atomic mass is 32.2. The minimum atomic E-state index is -3.33. The molecule has 0 bridgehead atoms. The van der Waals surface area contributed by atoms with Gasteiger partial charge in [-0.3, -0.25) is 0 Å². The molecule has 1 N–H and O–H groups in total. The highest BCUT2D eigenvalue weighted by Gasteiger charge is 2.22. The van der Waals surface area contributed by atoms with Crippen LogP contribution >= 0.6 is 0 Å². The summed E-state index contributed by atoms with van der Waals surface area (Å²) in [5, 5.41) is 3.23. The second-order valence-corrected chi connectivity index (χ2v) is 6.72. The Labute approximate surface area is 109 Å². The van der Waals surface area contributed by atoms with Gasteiger partial charge in [-0.25, -0.2) is 12.7 Å². The molecule has 0 fully saturated rings. The van der Waals surface area contributed by atoms with E-state index in [4.69, 9.17) is 0 Å². The van der Waals surface area contributed by atoms with Gasteiger partial charge in [0.2, 0.25) is 10.0 Å². The number of rotatable bonds is 5. The van der Waals surface area contributed by atoms with Crippen LogP contribution in [0.4, 0.5) is 5.69 Å². The molecular weight excluding hydrogens is 248 g/mol. The van der Waals surface area contributed by atoms with Crippen LogP contribution in [0.25, 0.3) is 0 Å². The van der Waals surface area contributed by atoms with Gasteiger partial charge in [0, 0.05) is 25.8 Å². The zero-order valence-corrected chi connectivity index (χ0v) is 11.8. The summed E-state index contributed by atoms with van der Waals surface area (Å²) in [6.07, 6.45) is 2.79. The van der Waals surface area contributed by atoms with E-state index in [0.29, 0.717) is 11.4 Å². The summed E-state index contributed by atoms with van der Waals surface area (Å²) in [4.78, 5) is 0.406. The minimum Gasteiger partial charge on any atom is -0.384 e. The predicted octanol–water partition coefficient (Wildman–Crippen LogP) is 2.08. The molecule has 1 aromatic carbocycles. The Bertz CT molecular complexity index is 526. The first-order chi connectivity index (χ1) is 8.55. The number of nitrogens with one attached hydrogen (secondary N) is 1. The topological polar surface area (TPSA) is 49.4 Å². The lowest BCUT2D eigenvalue weighted by atomic mass is 10.2. The average molecular weight is 268 g/mol. The molecule has 1 heterocycles. The molecule has 5 heteroatoms. The lowest BCUT2D eigenvalue weighted by Gasteiger charge is -2.17. The van der Waals surface area contributed by atoms with E-state index in [1.165, 1.54) is 4.31 Å². The fourth-order valence-electron chi connectivity index (χ4n) is 2.12. The third-order valence-electron chi connectivity index (χ3n) is 3.32. The van der Waals surface area contributed by atoms with Gasteiger partial charge in [0.1, 0.15) is 0 Å². The van der Waals surface area contributed by atoms with E-state index in [2.05, 4.69) is 12.2 Å². The molecule has 0 spiro atoms. The van der Waals surface area contributed by atoms with Crippen LogP contribution in [0.1, 0.15) is 25.3 Å². The molecule has 1 aliphatic rings. The summed E-state index contributed by atoms with van der Waals surface area (Å²) < 4.78 is 26.1. The molecule has 0 saturated heterocycles. The Morgan fingerprint density at radius 3 is 2.89 bits per heavy atom. The van der Waals surface area contributed by atoms with E-state index >= 15 is 0 Å². The summed E-state index contributed by atoms with van der Waals surface area (Å²) in [5.74, 6) is 0. The number of nitrogens with zero attached hydrogens (tertiary/aromatic N) is 1. The lowest BCUT2D eigenvalue weighted by Crippen LogP contribution is -2.27. The van der Waals surface area contributed by atoms with E-state index in [1.807, 2.05) is 6.07 Å². The smallest absolute Gasteiger partial charge is 0.242 e. The van der Waals surface area contributed by atoms with Gasteiger partial charge in [-0.2, -0.15) is 0 Å². The summed E-state index contributed by atoms with van der Waals surface area (Å²) >= 11 is 0. The first-order valence-electron chi connectivity index (χ1n) is 6.39. The number of sulfonamides is 1. The van der Waals surface area contributed by atoms with Gasteiger partial charge >= 0.3 is 0 Å². The number of fused-ring (bicyclic) bond motifs is 1. The molecule has 0 aliphatic carbocycles. The van der Waals surface area contributed by atoms with Crippen molar-refractivity contribution in [2.45, 2.75) is 31.1 Å². The van der Waals surface area contributed by atoms with Crippen LogP contribution in [0.3, 0.4) is 0 Å². The molecule has 1 aromatic rings.